The van der Waals surface area contributed by atoms with Crippen molar-refractivity contribution in [3.05, 3.63) is 54.1 Å². The van der Waals surface area contributed by atoms with Crippen LogP contribution >= 0.6 is 0 Å². The Bertz CT molecular complexity index is 290. The minimum atomic E-state index is 1.06. The van der Waals surface area contributed by atoms with Crippen molar-refractivity contribution in [2.24, 2.45) is 0 Å². The third-order valence-electron chi connectivity index (χ3n) is 2.24. The molecule has 1 rings (SSSR count). The first-order valence-corrected chi connectivity index (χ1v) is 5.23. The molecule has 0 aliphatic rings. The summed E-state index contributed by atoms with van der Waals surface area (Å²) in [5.74, 6) is 0. The number of rotatable bonds is 5. The van der Waals surface area contributed by atoms with Crippen molar-refractivity contribution in [2.75, 3.05) is 0 Å². The molecule has 0 saturated carbocycles. The highest BCUT2D eigenvalue weighted by Gasteiger charge is 1.88. The van der Waals surface area contributed by atoms with Gasteiger partial charge in [-0.3, -0.25) is 0 Å². The Labute approximate surface area is 87.0 Å². The monoisotopic (exact) mass is 186 g/mol. The van der Waals surface area contributed by atoms with E-state index in [9.17, 15) is 0 Å². The van der Waals surface area contributed by atoms with E-state index in [0.717, 1.165) is 19.3 Å². The molecule has 0 heterocycles. The maximum Gasteiger partial charge on any atom is -0.0260 e. The third-order valence-corrected chi connectivity index (χ3v) is 2.24. The zero-order chi connectivity index (χ0) is 10.2. The van der Waals surface area contributed by atoms with E-state index < -0.39 is 0 Å². The number of allylic oxidation sites excluding steroid dienone is 2. The molecule has 0 aliphatic carbocycles. The second-order valence-electron chi connectivity index (χ2n) is 3.36. The molecule has 0 radical (unpaired) electrons. The summed E-state index contributed by atoms with van der Waals surface area (Å²) in [5, 5.41) is 0. The van der Waals surface area contributed by atoms with Crippen molar-refractivity contribution in [1.29, 1.82) is 0 Å². The maximum atomic E-state index is 3.69. The molecule has 0 heteroatoms. The molecule has 0 bridgehead atoms. The van der Waals surface area contributed by atoms with Crippen molar-refractivity contribution in [3.63, 3.8) is 0 Å². The summed E-state index contributed by atoms with van der Waals surface area (Å²) in [4.78, 5) is 0. The Morgan fingerprint density at radius 1 is 1.14 bits per heavy atom. The molecule has 1 aromatic rings. The molecular formula is C14H18. The van der Waals surface area contributed by atoms with Crippen LogP contribution in [0.5, 0.6) is 0 Å². The maximum absolute atomic E-state index is 3.69. The number of aryl methyl sites for hydroxylation is 1. The van der Waals surface area contributed by atoms with Crippen LogP contribution in [0.25, 0.3) is 6.08 Å². The van der Waals surface area contributed by atoms with Crippen LogP contribution in [0.1, 0.15) is 30.9 Å². The Kier molecular flexibility index (Phi) is 4.77. The normalized spacial score (nSPS) is 10.6. The number of benzene rings is 1. The Balaban J connectivity index is 2.50. The van der Waals surface area contributed by atoms with Crippen molar-refractivity contribution < 1.29 is 0 Å². The second kappa shape index (κ2) is 6.20. The quantitative estimate of drug-likeness (QED) is 0.477. The fraction of sp³-hybridized carbons (Fsp3) is 0.286. The Morgan fingerprint density at radius 3 is 2.43 bits per heavy atom. The highest BCUT2D eigenvalue weighted by atomic mass is 13.9. The van der Waals surface area contributed by atoms with Gasteiger partial charge < -0.3 is 0 Å². The van der Waals surface area contributed by atoms with E-state index in [0.29, 0.717) is 0 Å². The lowest BCUT2D eigenvalue weighted by molar-refractivity contribution is 1.06. The topological polar surface area (TPSA) is 0 Å². The SMILES string of the molecule is C=CCC/C=C/c1ccc(CC)cc1. The molecule has 0 aromatic heterocycles. The standard InChI is InChI=1S/C14H18/c1-3-5-6-7-8-14-11-9-13(4-2)10-12-14/h3,7-12H,1,4-6H2,2H3/b8-7+. The summed E-state index contributed by atoms with van der Waals surface area (Å²) in [5.41, 5.74) is 2.68. The van der Waals surface area contributed by atoms with Crippen LogP contribution < -0.4 is 0 Å². The van der Waals surface area contributed by atoms with E-state index in [1.807, 2.05) is 6.08 Å². The minimum Gasteiger partial charge on any atom is -0.103 e. The van der Waals surface area contributed by atoms with Crippen molar-refractivity contribution in [3.8, 4) is 0 Å². The summed E-state index contributed by atoms with van der Waals surface area (Å²) in [7, 11) is 0. The molecule has 0 spiro atoms. The van der Waals surface area contributed by atoms with Gasteiger partial charge in [0.2, 0.25) is 0 Å². The van der Waals surface area contributed by atoms with Crippen molar-refractivity contribution in [1.82, 2.24) is 0 Å². The van der Waals surface area contributed by atoms with Gasteiger partial charge in [0.15, 0.2) is 0 Å². The summed E-state index contributed by atoms with van der Waals surface area (Å²) >= 11 is 0. The molecule has 0 N–H and O–H groups in total. The third kappa shape index (κ3) is 3.61. The molecular weight excluding hydrogens is 168 g/mol. The highest BCUT2D eigenvalue weighted by Crippen LogP contribution is 2.07. The van der Waals surface area contributed by atoms with E-state index in [2.05, 4.69) is 49.9 Å². The molecule has 0 nitrogen and oxygen atoms in total. The minimum absolute atomic E-state index is 1.06. The van der Waals surface area contributed by atoms with Gasteiger partial charge in [-0.15, -0.1) is 6.58 Å². The molecule has 74 valence electrons. The van der Waals surface area contributed by atoms with E-state index in [1.165, 1.54) is 11.1 Å². The van der Waals surface area contributed by atoms with Gasteiger partial charge in [-0.05, 0) is 30.4 Å². The van der Waals surface area contributed by atoms with E-state index >= 15 is 0 Å². The first-order chi connectivity index (χ1) is 6.86. The first kappa shape index (κ1) is 10.8. The highest BCUT2D eigenvalue weighted by molar-refractivity contribution is 5.49. The number of unbranched alkanes of at least 4 members (excludes halogenated alkanes) is 1. The lowest BCUT2D eigenvalue weighted by Crippen LogP contribution is -1.78. The van der Waals surface area contributed by atoms with Gasteiger partial charge >= 0.3 is 0 Å². The molecule has 14 heavy (non-hydrogen) atoms. The van der Waals surface area contributed by atoms with Crippen LogP contribution in [0.3, 0.4) is 0 Å². The van der Waals surface area contributed by atoms with Gasteiger partial charge in [-0.2, -0.15) is 0 Å². The molecule has 0 amide bonds. The van der Waals surface area contributed by atoms with E-state index in [-0.39, 0.29) is 0 Å². The summed E-state index contributed by atoms with van der Waals surface area (Å²) in [6.45, 7) is 5.87. The lowest BCUT2D eigenvalue weighted by Gasteiger charge is -1.96. The zero-order valence-corrected chi connectivity index (χ0v) is 8.87. The van der Waals surface area contributed by atoms with Crippen molar-refractivity contribution in [2.45, 2.75) is 26.2 Å². The summed E-state index contributed by atoms with van der Waals surface area (Å²) < 4.78 is 0. The molecule has 0 saturated heterocycles. The van der Waals surface area contributed by atoms with Crippen LogP contribution in [0.15, 0.2) is 43.0 Å². The molecule has 1 aromatic carbocycles. The molecule has 0 fully saturated rings. The van der Waals surface area contributed by atoms with Gasteiger partial charge in [0.25, 0.3) is 0 Å². The average molecular weight is 186 g/mol. The van der Waals surface area contributed by atoms with Gasteiger partial charge in [0.05, 0.1) is 0 Å². The van der Waals surface area contributed by atoms with Crippen LogP contribution in [0.2, 0.25) is 0 Å². The number of hydrogen-bond acceptors (Lipinski definition) is 0. The van der Waals surface area contributed by atoms with Gasteiger partial charge in [0, 0.05) is 0 Å². The predicted molar refractivity (Wildman–Crippen MR) is 64.3 cm³/mol. The van der Waals surface area contributed by atoms with Gasteiger partial charge in [-0.25, -0.2) is 0 Å². The second-order valence-corrected chi connectivity index (χ2v) is 3.36. The van der Waals surface area contributed by atoms with Crippen LogP contribution in [0, 0.1) is 0 Å². The molecule has 0 unspecified atom stereocenters. The van der Waals surface area contributed by atoms with Crippen LogP contribution in [-0.2, 0) is 6.42 Å². The van der Waals surface area contributed by atoms with Crippen LogP contribution in [-0.4, -0.2) is 0 Å². The first-order valence-electron chi connectivity index (χ1n) is 5.23. The molecule has 0 atom stereocenters. The number of hydrogen-bond donors (Lipinski definition) is 0. The Morgan fingerprint density at radius 2 is 1.86 bits per heavy atom. The van der Waals surface area contributed by atoms with E-state index in [4.69, 9.17) is 0 Å². The zero-order valence-electron chi connectivity index (χ0n) is 8.87. The molecule has 0 aliphatic heterocycles. The van der Waals surface area contributed by atoms with Gasteiger partial charge in [-0.1, -0.05) is 49.4 Å². The van der Waals surface area contributed by atoms with E-state index in [1.54, 1.807) is 0 Å². The lowest BCUT2D eigenvalue weighted by atomic mass is 10.1. The largest absolute Gasteiger partial charge is 0.103 e. The fourth-order valence-corrected chi connectivity index (χ4v) is 1.30. The van der Waals surface area contributed by atoms with Crippen LogP contribution in [0.4, 0.5) is 0 Å². The predicted octanol–water partition coefficient (Wildman–Crippen LogP) is 4.23. The van der Waals surface area contributed by atoms with Crippen molar-refractivity contribution >= 4 is 6.08 Å². The summed E-state index contributed by atoms with van der Waals surface area (Å²) in [6, 6.07) is 8.72. The smallest absolute Gasteiger partial charge is 0.0260 e. The fourth-order valence-electron chi connectivity index (χ4n) is 1.30. The average Bonchev–Trinajstić information content (AvgIpc) is 2.25. The van der Waals surface area contributed by atoms with Gasteiger partial charge in [0.1, 0.15) is 0 Å². The summed E-state index contributed by atoms with van der Waals surface area (Å²) in [6.07, 6.45) is 9.57. The Hall–Kier alpha value is -1.30.